The van der Waals surface area contributed by atoms with E-state index in [-0.39, 0.29) is 17.4 Å². The fraction of sp³-hybridized carbons (Fsp3) is 0.409. The molecule has 0 saturated carbocycles. The number of nitrogens with zero attached hydrogens (tertiary/aromatic N) is 4. The lowest BCUT2D eigenvalue weighted by Gasteiger charge is -2.36. The zero-order valence-corrected chi connectivity index (χ0v) is 16.9. The Morgan fingerprint density at radius 1 is 1.29 bits per heavy atom. The van der Waals surface area contributed by atoms with Crippen molar-refractivity contribution in [2.75, 3.05) is 0 Å². The highest BCUT2D eigenvalue weighted by Gasteiger charge is 2.36. The van der Waals surface area contributed by atoms with Gasteiger partial charge in [0.25, 0.3) is 5.91 Å². The van der Waals surface area contributed by atoms with Crippen molar-refractivity contribution in [1.82, 2.24) is 24.9 Å². The van der Waals surface area contributed by atoms with Crippen molar-refractivity contribution in [3.05, 3.63) is 65.2 Å². The molecule has 1 aliphatic rings. The largest absolute Gasteiger partial charge is 0.344 e. The van der Waals surface area contributed by atoms with Gasteiger partial charge in [0, 0.05) is 12.1 Å². The van der Waals surface area contributed by atoms with E-state index in [1.165, 1.54) is 5.69 Å². The van der Waals surface area contributed by atoms with E-state index in [4.69, 9.17) is 0 Å². The zero-order chi connectivity index (χ0) is 19.9. The molecule has 0 unspecified atom stereocenters. The Morgan fingerprint density at radius 2 is 2.04 bits per heavy atom. The molecule has 0 spiro atoms. The first kappa shape index (κ1) is 18.5. The van der Waals surface area contributed by atoms with Crippen molar-refractivity contribution >= 4 is 5.91 Å². The van der Waals surface area contributed by atoms with Gasteiger partial charge in [-0.15, -0.1) is 0 Å². The number of hydrogen-bond donors (Lipinski definition) is 1. The van der Waals surface area contributed by atoms with Crippen LogP contribution < -0.4 is 5.32 Å². The third-order valence-corrected chi connectivity index (χ3v) is 5.42. The topological polar surface area (TPSA) is 64.7 Å². The van der Waals surface area contributed by atoms with Gasteiger partial charge in [-0.05, 0) is 50.3 Å². The van der Waals surface area contributed by atoms with Gasteiger partial charge in [0.15, 0.2) is 0 Å². The maximum absolute atomic E-state index is 13.0. The number of aryl methyl sites for hydroxylation is 2. The molecule has 0 fully saturated rings. The number of rotatable bonds is 4. The van der Waals surface area contributed by atoms with Crippen molar-refractivity contribution < 1.29 is 4.79 Å². The Balaban J connectivity index is 1.68. The Labute approximate surface area is 165 Å². The first-order chi connectivity index (χ1) is 13.4. The Bertz CT molecular complexity index is 999. The van der Waals surface area contributed by atoms with Crippen molar-refractivity contribution in [3.8, 4) is 5.69 Å². The molecular formula is C22H27N5O. The van der Waals surface area contributed by atoms with E-state index >= 15 is 0 Å². The fourth-order valence-corrected chi connectivity index (χ4v) is 4.16. The molecule has 2 aromatic heterocycles. The summed E-state index contributed by atoms with van der Waals surface area (Å²) in [6, 6.07) is 11.9. The minimum atomic E-state index is -0.0800. The fourth-order valence-electron chi connectivity index (χ4n) is 4.16. The third-order valence-electron chi connectivity index (χ3n) is 5.42. The van der Waals surface area contributed by atoms with E-state index < -0.39 is 0 Å². The maximum atomic E-state index is 13.0. The number of hydrogen-bond acceptors (Lipinski definition) is 3. The van der Waals surface area contributed by atoms with Crippen LogP contribution in [0.15, 0.2) is 42.6 Å². The van der Waals surface area contributed by atoms with Gasteiger partial charge in [-0.1, -0.05) is 32.0 Å². The van der Waals surface area contributed by atoms with Crippen molar-refractivity contribution in [3.63, 3.8) is 0 Å². The summed E-state index contributed by atoms with van der Waals surface area (Å²) in [5.41, 5.74) is 4.86. The molecule has 1 N–H and O–H groups in total. The molecule has 1 aromatic carbocycles. The number of nitrogens with one attached hydrogen (secondary N) is 1. The molecule has 28 heavy (non-hydrogen) atoms. The predicted octanol–water partition coefficient (Wildman–Crippen LogP) is 3.84. The lowest BCUT2D eigenvalue weighted by Crippen LogP contribution is -2.37. The second kappa shape index (κ2) is 6.93. The molecule has 6 heteroatoms. The zero-order valence-electron chi connectivity index (χ0n) is 16.9. The van der Waals surface area contributed by atoms with Gasteiger partial charge in [-0.25, -0.2) is 4.68 Å². The number of fused-ring (bicyclic) bond motifs is 1. The molecule has 4 rings (SSSR count). The van der Waals surface area contributed by atoms with Gasteiger partial charge >= 0.3 is 0 Å². The number of aromatic nitrogens is 4. The molecule has 1 amide bonds. The second-order valence-corrected chi connectivity index (χ2v) is 8.35. The van der Waals surface area contributed by atoms with Crippen LogP contribution in [-0.2, 0) is 13.0 Å². The van der Waals surface area contributed by atoms with Gasteiger partial charge in [0.05, 0.1) is 29.3 Å². The molecule has 1 aliphatic carbocycles. The number of amides is 1. The monoisotopic (exact) mass is 377 g/mol. The van der Waals surface area contributed by atoms with Crippen molar-refractivity contribution in [2.45, 2.75) is 53.1 Å². The standard InChI is InChI=1S/C22H27N5O/c1-5-26-19(11-15(2)25-26)21(28)24-18-12-22(3,4)13-20-17(18)14-23-27(20)16-9-7-6-8-10-16/h6-11,14,18H,5,12-13H2,1-4H3,(H,24,28)/t18-/m0/s1. The Hall–Kier alpha value is -2.89. The normalized spacial score (nSPS) is 17.9. The van der Waals surface area contributed by atoms with E-state index in [2.05, 4.69) is 41.5 Å². The summed E-state index contributed by atoms with van der Waals surface area (Å²) in [5.74, 6) is -0.0800. The summed E-state index contributed by atoms with van der Waals surface area (Å²) in [4.78, 5) is 13.0. The molecule has 1 atom stereocenters. The highest BCUT2D eigenvalue weighted by Crippen LogP contribution is 2.41. The van der Waals surface area contributed by atoms with Crippen LogP contribution in [0.2, 0.25) is 0 Å². The van der Waals surface area contributed by atoms with E-state index in [0.29, 0.717) is 12.2 Å². The molecule has 2 heterocycles. The van der Waals surface area contributed by atoms with Crippen LogP contribution in [0.4, 0.5) is 0 Å². The highest BCUT2D eigenvalue weighted by atomic mass is 16.2. The summed E-state index contributed by atoms with van der Waals surface area (Å²) >= 11 is 0. The average Bonchev–Trinajstić information content (AvgIpc) is 3.24. The molecule has 3 aromatic rings. The summed E-state index contributed by atoms with van der Waals surface area (Å²) in [5, 5.41) is 12.3. The van der Waals surface area contributed by atoms with E-state index in [9.17, 15) is 4.79 Å². The van der Waals surface area contributed by atoms with Gasteiger partial charge < -0.3 is 5.32 Å². The smallest absolute Gasteiger partial charge is 0.270 e. The summed E-state index contributed by atoms with van der Waals surface area (Å²) in [7, 11) is 0. The molecule has 0 aliphatic heterocycles. The average molecular weight is 377 g/mol. The molecule has 0 bridgehead atoms. The van der Waals surface area contributed by atoms with Gasteiger partial charge in [-0.2, -0.15) is 10.2 Å². The van der Waals surface area contributed by atoms with Crippen LogP contribution in [0, 0.1) is 12.3 Å². The highest BCUT2D eigenvalue weighted by molar-refractivity contribution is 5.93. The quantitative estimate of drug-likeness (QED) is 0.751. The van der Waals surface area contributed by atoms with E-state index in [0.717, 1.165) is 29.8 Å². The van der Waals surface area contributed by atoms with E-state index in [1.54, 1.807) is 4.68 Å². The molecule has 0 radical (unpaired) electrons. The van der Waals surface area contributed by atoms with Crippen LogP contribution >= 0.6 is 0 Å². The maximum Gasteiger partial charge on any atom is 0.270 e. The van der Waals surface area contributed by atoms with Crippen molar-refractivity contribution in [2.24, 2.45) is 5.41 Å². The summed E-state index contributed by atoms with van der Waals surface area (Å²) < 4.78 is 3.77. The van der Waals surface area contributed by atoms with Gasteiger partial charge in [-0.3, -0.25) is 9.48 Å². The minimum absolute atomic E-state index is 0.0655. The van der Waals surface area contributed by atoms with Crippen LogP contribution in [0.3, 0.4) is 0 Å². The molecule has 6 nitrogen and oxygen atoms in total. The van der Waals surface area contributed by atoms with Crippen molar-refractivity contribution in [1.29, 1.82) is 0 Å². The summed E-state index contributed by atoms with van der Waals surface area (Å²) in [6.45, 7) is 9.07. The lowest BCUT2D eigenvalue weighted by molar-refractivity contribution is 0.0908. The number of carbonyl (C=O) groups is 1. The predicted molar refractivity (Wildman–Crippen MR) is 109 cm³/mol. The second-order valence-electron chi connectivity index (χ2n) is 8.35. The van der Waals surface area contributed by atoms with Crippen LogP contribution in [-0.4, -0.2) is 25.5 Å². The van der Waals surface area contributed by atoms with Crippen LogP contribution in [0.25, 0.3) is 5.69 Å². The summed E-state index contributed by atoms with van der Waals surface area (Å²) in [6.07, 6.45) is 3.71. The SMILES string of the molecule is CCn1nc(C)cc1C(=O)N[C@H]1CC(C)(C)Cc2c1cnn2-c1ccccc1. The molecular weight excluding hydrogens is 350 g/mol. The minimum Gasteiger partial charge on any atom is -0.344 e. The number of para-hydroxylation sites is 1. The lowest BCUT2D eigenvalue weighted by atomic mass is 9.74. The van der Waals surface area contributed by atoms with Crippen LogP contribution in [0.5, 0.6) is 0 Å². The Kier molecular flexibility index (Phi) is 4.57. The first-order valence-corrected chi connectivity index (χ1v) is 9.85. The van der Waals surface area contributed by atoms with Crippen LogP contribution in [0.1, 0.15) is 60.7 Å². The number of benzene rings is 1. The van der Waals surface area contributed by atoms with Gasteiger partial charge in [0.2, 0.25) is 0 Å². The molecule has 146 valence electrons. The third kappa shape index (κ3) is 3.35. The Morgan fingerprint density at radius 3 is 2.75 bits per heavy atom. The molecule has 0 saturated heterocycles. The number of carbonyl (C=O) groups excluding carboxylic acids is 1. The first-order valence-electron chi connectivity index (χ1n) is 9.85. The van der Waals surface area contributed by atoms with Gasteiger partial charge in [0.1, 0.15) is 5.69 Å². The van der Waals surface area contributed by atoms with E-state index in [1.807, 2.05) is 49.0 Å².